The van der Waals surface area contributed by atoms with E-state index in [2.05, 4.69) is 50.7 Å². The Morgan fingerprint density at radius 1 is 1.17 bits per heavy atom. The van der Waals surface area contributed by atoms with Gasteiger partial charge in [0, 0.05) is 13.1 Å². The minimum absolute atomic E-state index is 0. The van der Waals surface area contributed by atoms with Gasteiger partial charge in [-0.2, -0.15) is 0 Å². The normalized spacial score (nSPS) is 15.4. The molecule has 0 amide bonds. The summed E-state index contributed by atoms with van der Waals surface area (Å²) in [5, 5.41) is 11.2. The fraction of sp³-hybridized carbons (Fsp3) is 0.529. The van der Waals surface area contributed by atoms with Gasteiger partial charge in [-0.05, 0) is 44.2 Å². The zero-order valence-electron chi connectivity index (χ0n) is 13.6. The molecule has 5 nitrogen and oxygen atoms in total. The first-order valence-electron chi connectivity index (χ1n) is 8.11. The van der Waals surface area contributed by atoms with Crippen molar-refractivity contribution in [1.29, 1.82) is 0 Å². The third kappa shape index (κ3) is 4.94. The van der Waals surface area contributed by atoms with Crippen molar-refractivity contribution in [2.45, 2.75) is 32.2 Å². The first kappa shape index (κ1) is 17.8. The fourth-order valence-corrected chi connectivity index (χ4v) is 3.02. The summed E-state index contributed by atoms with van der Waals surface area (Å²) < 4.78 is 5.67. The molecule has 126 valence electrons. The van der Waals surface area contributed by atoms with Crippen LogP contribution in [0, 0.1) is 5.92 Å². The summed E-state index contributed by atoms with van der Waals surface area (Å²) in [7, 11) is 1.88. The molecule has 6 heteroatoms. The Bertz CT molecular complexity index is 567. The lowest BCUT2D eigenvalue weighted by molar-refractivity contribution is 0.364. The maximum atomic E-state index is 5.67. The van der Waals surface area contributed by atoms with Crippen LogP contribution in [0.3, 0.4) is 0 Å². The second-order valence-electron chi connectivity index (χ2n) is 5.96. The molecule has 0 saturated carbocycles. The second-order valence-corrected chi connectivity index (χ2v) is 5.96. The lowest BCUT2D eigenvalue weighted by atomic mass is 9.91. The van der Waals surface area contributed by atoms with Gasteiger partial charge in [0.15, 0.2) is 0 Å². The third-order valence-electron chi connectivity index (χ3n) is 4.35. The van der Waals surface area contributed by atoms with Crippen LogP contribution >= 0.6 is 12.4 Å². The van der Waals surface area contributed by atoms with Gasteiger partial charge < -0.3 is 14.6 Å². The molecule has 3 rings (SSSR count). The molecule has 1 fully saturated rings. The third-order valence-corrected chi connectivity index (χ3v) is 4.35. The standard InChI is InChI=1S/C17H24N4O.ClH/c1-18-13-16-19-20-17(22-16)21-11-9-15(10-12-21)8-7-14-5-3-2-4-6-14;/h2-6,15,18H,7-13H2,1H3;1H. The van der Waals surface area contributed by atoms with Crippen LogP contribution in [0.1, 0.15) is 30.7 Å². The minimum Gasteiger partial charge on any atom is -0.407 e. The Labute approximate surface area is 143 Å². The zero-order valence-corrected chi connectivity index (χ0v) is 14.4. The Hall–Kier alpha value is -1.59. The Morgan fingerprint density at radius 3 is 2.61 bits per heavy atom. The number of aromatic nitrogens is 2. The van der Waals surface area contributed by atoms with Crippen molar-refractivity contribution >= 4 is 18.4 Å². The molecule has 1 N–H and O–H groups in total. The first-order valence-corrected chi connectivity index (χ1v) is 8.11. The molecule has 2 aromatic rings. The summed E-state index contributed by atoms with van der Waals surface area (Å²) in [6.07, 6.45) is 4.86. The first-order chi connectivity index (χ1) is 10.8. The molecule has 0 atom stereocenters. The number of halogens is 1. The van der Waals surface area contributed by atoms with Crippen LogP contribution in [0.2, 0.25) is 0 Å². The average molecular weight is 337 g/mol. The molecule has 2 heterocycles. The van der Waals surface area contributed by atoms with Crippen LogP contribution in [0.25, 0.3) is 0 Å². The van der Waals surface area contributed by atoms with Gasteiger partial charge in [0.25, 0.3) is 0 Å². The van der Waals surface area contributed by atoms with Crippen LogP contribution in [-0.4, -0.2) is 30.3 Å². The molecule has 1 aromatic carbocycles. The Balaban J connectivity index is 0.00000192. The molecule has 23 heavy (non-hydrogen) atoms. The highest BCUT2D eigenvalue weighted by molar-refractivity contribution is 5.85. The molecule has 1 aliphatic rings. The van der Waals surface area contributed by atoms with E-state index in [0.29, 0.717) is 18.5 Å². The van der Waals surface area contributed by atoms with Gasteiger partial charge in [-0.1, -0.05) is 35.4 Å². The summed E-state index contributed by atoms with van der Waals surface area (Å²) >= 11 is 0. The number of aryl methyl sites for hydroxylation is 1. The Morgan fingerprint density at radius 2 is 1.91 bits per heavy atom. The van der Waals surface area contributed by atoms with Crippen LogP contribution in [0.15, 0.2) is 34.7 Å². The topological polar surface area (TPSA) is 54.2 Å². The quantitative estimate of drug-likeness (QED) is 0.878. The van der Waals surface area contributed by atoms with Crippen molar-refractivity contribution < 1.29 is 4.42 Å². The SMILES string of the molecule is CNCc1nnc(N2CCC(CCc3ccccc3)CC2)o1.Cl. The lowest BCUT2D eigenvalue weighted by Gasteiger charge is -2.30. The summed E-state index contributed by atoms with van der Waals surface area (Å²) in [5.74, 6) is 1.46. The van der Waals surface area contributed by atoms with Crippen LogP contribution in [-0.2, 0) is 13.0 Å². The largest absolute Gasteiger partial charge is 0.407 e. The predicted molar refractivity (Wildman–Crippen MR) is 94.0 cm³/mol. The molecule has 1 saturated heterocycles. The van der Waals surface area contributed by atoms with Crippen molar-refractivity contribution in [3.63, 3.8) is 0 Å². The number of nitrogens with zero attached hydrogens (tertiary/aromatic N) is 3. The molecule has 1 aliphatic heterocycles. The lowest BCUT2D eigenvalue weighted by Crippen LogP contribution is -2.34. The number of nitrogens with one attached hydrogen (secondary N) is 1. The predicted octanol–water partition coefficient (Wildman–Crippen LogP) is 3.06. The number of hydrogen-bond donors (Lipinski definition) is 1. The van der Waals surface area contributed by atoms with E-state index in [1.165, 1.54) is 31.2 Å². The fourth-order valence-electron chi connectivity index (χ4n) is 3.02. The van der Waals surface area contributed by atoms with E-state index in [9.17, 15) is 0 Å². The van der Waals surface area contributed by atoms with E-state index in [-0.39, 0.29) is 12.4 Å². The van der Waals surface area contributed by atoms with Gasteiger partial charge in [0.05, 0.1) is 6.54 Å². The smallest absolute Gasteiger partial charge is 0.318 e. The molecule has 0 bridgehead atoms. The van der Waals surface area contributed by atoms with Crippen LogP contribution in [0.4, 0.5) is 6.01 Å². The van der Waals surface area contributed by atoms with Crippen molar-refractivity contribution in [3.8, 4) is 0 Å². The van der Waals surface area contributed by atoms with E-state index in [4.69, 9.17) is 4.42 Å². The van der Waals surface area contributed by atoms with E-state index in [1.807, 2.05) is 7.05 Å². The second kappa shape index (κ2) is 8.89. The van der Waals surface area contributed by atoms with Crippen LogP contribution < -0.4 is 10.2 Å². The van der Waals surface area contributed by atoms with Gasteiger partial charge in [0.2, 0.25) is 5.89 Å². The molecule has 0 unspecified atom stereocenters. The summed E-state index contributed by atoms with van der Waals surface area (Å²) in [4.78, 5) is 2.21. The highest BCUT2D eigenvalue weighted by Crippen LogP contribution is 2.25. The van der Waals surface area contributed by atoms with Gasteiger partial charge in [-0.25, -0.2) is 0 Å². The van der Waals surface area contributed by atoms with Crippen molar-refractivity contribution in [2.75, 3.05) is 25.0 Å². The van der Waals surface area contributed by atoms with Gasteiger partial charge >= 0.3 is 6.01 Å². The monoisotopic (exact) mass is 336 g/mol. The van der Waals surface area contributed by atoms with Crippen molar-refractivity contribution in [1.82, 2.24) is 15.5 Å². The Kier molecular flexibility index (Phi) is 6.86. The minimum atomic E-state index is 0. The molecular formula is C17H25ClN4O. The number of rotatable bonds is 6. The molecular weight excluding hydrogens is 312 g/mol. The number of benzene rings is 1. The number of hydrogen-bond acceptors (Lipinski definition) is 5. The zero-order chi connectivity index (χ0) is 15.2. The maximum absolute atomic E-state index is 5.67. The van der Waals surface area contributed by atoms with E-state index in [1.54, 1.807) is 0 Å². The summed E-state index contributed by atoms with van der Waals surface area (Å²) in [6.45, 7) is 2.65. The highest BCUT2D eigenvalue weighted by Gasteiger charge is 2.22. The van der Waals surface area contributed by atoms with E-state index < -0.39 is 0 Å². The molecule has 0 aliphatic carbocycles. The average Bonchev–Trinajstić information content (AvgIpc) is 3.03. The van der Waals surface area contributed by atoms with Crippen molar-refractivity contribution in [2.24, 2.45) is 5.92 Å². The van der Waals surface area contributed by atoms with Gasteiger partial charge in [-0.15, -0.1) is 17.5 Å². The summed E-state index contributed by atoms with van der Waals surface area (Å²) in [6, 6.07) is 11.4. The number of anilines is 1. The van der Waals surface area contributed by atoms with E-state index >= 15 is 0 Å². The van der Waals surface area contributed by atoms with Gasteiger partial charge in [0.1, 0.15) is 0 Å². The van der Waals surface area contributed by atoms with E-state index in [0.717, 1.165) is 19.0 Å². The molecule has 0 radical (unpaired) electrons. The van der Waals surface area contributed by atoms with Crippen LogP contribution in [0.5, 0.6) is 0 Å². The molecule has 1 aromatic heterocycles. The number of piperidine rings is 1. The van der Waals surface area contributed by atoms with Crippen molar-refractivity contribution in [3.05, 3.63) is 41.8 Å². The highest BCUT2D eigenvalue weighted by atomic mass is 35.5. The summed E-state index contributed by atoms with van der Waals surface area (Å²) in [5.41, 5.74) is 1.44. The van der Waals surface area contributed by atoms with Gasteiger partial charge in [-0.3, -0.25) is 0 Å². The maximum Gasteiger partial charge on any atom is 0.318 e. The molecule has 0 spiro atoms.